The van der Waals surface area contributed by atoms with Gasteiger partial charge in [-0.2, -0.15) is 0 Å². The second-order valence-electron chi connectivity index (χ2n) is 5.44. The molecule has 3 N–H and O–H groups in total. The predicted octanol–water partition coefficient (Wildman–Crippen LogP) is 3.33. The van der Waals surface area contributed by atoms with Crippen LogP contribution in [0.25, 0.3) is 0 Å². The Morgan fingerprint density at radius 1 is 1.38 bits per heavy atom. The van der Waals surface area contributed by atoms with E-state index in [2.05, 4.69) is 5.32 Å². The van der Waals surface area contributed by atoms with Crippen LogP contribution in [0, 0.1) is 11.2 Å². The molecule has 0 spiro atoms. The average Bonchev–Trinajstić information content (AvgIpc) is 2.48. The van der Waals surface area contributed by atoms with Crippen LogP contribution in [0.5, 0.6) is 0 Å². The smallest absolute Gasteiger partial charge is 0.233 e. The van der Waals surface area contributed by atoms with E-state index in [1.165, 1.54) is 12.1 Å². The summed E-state index contributed by atoms with van der Waals surface area (Å²) in [5.74, 6) is -0.617. The third-order valence-corrected chi connectivity index (χ3v) is 4.73. The molecule has 0 heterocycles. The summed E-state index contributed by atoms with van der Waals surface area (Å²) in [6, 6.07) is 4.38. The van der Waals surface area contributed by atoms with Gasteiger partial charge in [0.05, 0.1) is 15.4 Å². The van der Waals surface area contributed by atoms with Gasteiger partial charge in [0.15, 0.2) is 0 Å². The van der Waals surface area contributed by atoms with Gasteiger partial charge < -0.3 is 11.1 Å². The van der Waals surface area contributed by atoms with Gasteiger partial charge in [0.25, 0.3) is 0 Å². The number of rotatable bonds is 4. The molecule has 0 saturated heterocycles. The number of thiocarbonyl (C=S) groups is 1. The lowest BCUT2D eigenvalue weighted by Crippen LogP contribution is -2.49. The zero-order valence-corrected chi connectivity index (χ0v) is 13.2. The highest BCUT2D eigenvalue weighted by Crippen LogP contribution is 2.37. The molecule has 1 aliphatic rings. The molecule has 0 atom stereocenters. The molecular formula is C15H18ClFN2OS. The van der Waals surface area contributed by atoms with Crippen molar-refractivity contribution in [3.63, 3.8) is 0 Å². The predicted molar refractivity (Wildman–Crippen MR) is 85.6 cm³/mol. The maximum absolute atomic E-state index is 13.1. The van der Waals surface area contributed by atoms with Gasteiger partial charge in [0, 0.05) is 6.54 Å². The number of carbonyl (C=O) groups excluding carboxylic acids is 1. The van der Waals surface area contributed by atoms with Crippen LogP contribution in [0.1, 0.15) is 37.7 Å². The summed E-state index contributed by atoms with van der Waals surface area (Å²) in [6.07, 6.45) is 4.39. The van der Waals surface area contributed by atoms with E-state index in [0.717, 1.165) is 24.8 Å². The van der Waals surface area contributed by atoms with Crippen molar-refractivity contribution in [2.24, 2.45) is 11.1 Å². The average molecular weight is 329 g/mol. The molecule has 6 heteroatoms. The monoisotopic (exact) mass is 328 g/mol. The molecule has 1 saturated carbocycles. The molecule has 114 valence electrons. The van der Waals surface area contributed by atoms with Crippen LogP contribution in [0.4, 0.5) is 4.39 Å². The van der Waals surface area contributed by atoms with Crippen LogP contribution >= 0.6 is 23.8 Å². The Labute approximate surface area is 134 Å². The summed E-state index contributed by atoms with van der Waals surface area (Å²) in [5.41, 5.74) is 5.82. The summed E-state index contributed by atoms with van der Waals surface area (Å²) in [5, 5.41) is 2.89. The van der Waals surface area contributed by atoms with Gasteiger partial charge in [-0.1, -0.05) is 49.1 Å². The zero-order valence-electron chi connectivity index (χ0n) is 11.6. The molecule has 1 aromatic rings. The van der Waals surface area contributed by atoms with Crippen LogP contribution in [0.2, 0.25) is 5.02 Å². The number of carbonyl (C=O) groups is 1. The van der Waals surface area contributed by atoms with Crippen molar-refractivity contribution >= 4 is 34.7 Å². The van der Waals surface area contributed by atoms with Gasteiger partial charge in [-0.05, 0) is 30.5 Å². The van der Waals surface area contributed by atoms with Crippen LogP contribution in [0.15, 0.2) is 18.2 Å². The number of hydrogen-bond acceptors (Lipinski definition) is 2. The molecule has 1 amide bonds. The molecule has 0 radical (unpaired) electrons. The Morgan fingerprint density at radius 3 is 2.62 bits per heavy atom. The molecule has 0 unspecified atom stereocenters. The van der Waals surface area contributed by atoms with E-state index in [1.54, 1.807) is 6.07 Å². The minimum Gasteiger partial charge on any atom is -0.392 e. The first-order chi connectivity index (χ1) is 9.95. The van der Waals surface area contributed by atoms with Gasteiger partial charge >= 0.3 is 0 Å². The summed E-state index contributed by atoms with van der Waals surface area (Å²) >= 11 is 10.8. The Balaban J connectivity index is 2.05. The van der Waals surface area contributed by atoms with Crippen molar-refractivity contribution in [3.05, 3.63) is 34.6 Å². The first-order valence-corrected chi connectivity index (χ1v) is 7.76. The molecule has 21 heavy (non-hydrogen) atoms. The van der Waals surface area contributed by atoms with Crippen LogP contribution in [-0.2, 0) is 11.3 Å². The van der Waals surface area contributed by atoms with Crippen molar-refractivity contribution in [2.45, 2.75) is 38.6 Å². The normalized spacial score (nSPS) is 17.2. The Kier molecular flexibility index (Phi) is 5.17. The summed E-state index contributed by atoms with van der Waals surface area (Å²) in [7, 11) is 0. The topological polar surface area (TPSA) is 55.1 Å². The van der Waals surface area contributed by atoms with Crippen LogP contribution in [-0.4, -0.2) is 10.9 Å². The van der Waals surface area contributed by atoms with E-state index in [1.807, 2.05) is 0 Å². The number of nitrogens with two attached hydrogens (primary N) is 1. The van der Waals surface area contributed by atoms with Gasteiger partial charge in [-0.25, -0.2) is 4.39 Å². The first kappa shape index (κ1) is 16.2. The minimum absolute atomic E-state index is 0.0449. The molecular weight excluding hydrogens is 311 g/mol. The SMILES string of the molecule is NC(=S)C1(C(=O)NCc2ccc(F)c(Cl)c2)CCCCC1. The second-order valence-corrected chi connectivity index (χ2v) is 6.29. The molecule has 0 aliphatic heterocycles. The van der Waals surface area contributed by atoms with Gasteiger partial charge in [0.2, 0.25) is 5.91 Å². The third-order valence-electron chi connectivity index (χ3n) is 4.05. The number of halogens is 2. The van der Waals surface area contributed by atoms with E-state index in [-0.39, 0.29) is 22.5 Å². The van der Waals surface area contributed by atoms with Crippen molar-refractivity contribution in [3.8, 4) is 0 Å². The third kappa shape index (κ3) is 3.52. The highest BCUT2D eigenvalue weighted by molar-refractivity contribution is 7.80. The van der Waals surface area contributed by atoms with E-state index in [9.17, 15) is 9.18 Å². The van der Waals surface area contributed by atoms with E-state index in [4.69, 9.17) is 29.6 Å². The van der Waals surface area contributed by atoms with Gasteiger partial charge in [0.1, 0.15) is 5.82 Å². The second kappa shape index (κ2) is 6.71. The standard InChI is InChI=1S/C15H18ClFN2OS/c16-11-8-10(4-5-12(11)17)9-19-14(20)15(13(18)21)6-2-1-3-7-15/h4-5,8H,1-3,6-7,9H2,(H2,18,21)(H,19,20). The number of benzene rings is 1. The van der Waals surface area contributed by atoms with Crippen molar-refractivity contribution < 1.29 is 9.18 Å². The minimum atomic E-state index is -0.739. The van der Waals surface area contributed by atoms with Crippen LogP contribution < -0.4 is 11.1 Å². The number of nitrogens with one attached hydrogen (secondary N) is 1. The lowest BCUT2D eigenvalue weighted by Gasteiger charge is -2.34. The van der Waals surface area contributed by atoms with E-state index < -0.39 is 11.2 Å². The number of hydrogen-bond donors (Lipinski definition) is 2. The maximum atomic E-state index is 13.1. The number of amides is 1. The maximum Gasteiger partial charge on any atom is 0.233 e. The van der Waals surface area contributed by atoms with Gasteiger partial charge in [-0.15, -0.1) is 0 Å². The first-order valence-electron chi connectivity index (χ1n) is 6.98. The Hall–Kier alpha value is -1.20. The highest BCUT2D eigenvalue weighted by Gasteiger charge is 2.42. The largest absolute Gasteiger partial charge is 0.392 e. The lowest BCUT2D eigenvalue weighted by atomic mass is 9.73. The van der Waals surface area contributed by atoms with Crippen LogP contribution in [0.3, 0.4) is 0 Å². The molecule has 0 aromatic heterocycles. The Bertz CT molecular complexity index is 559. The van der Waals surface area contributed by atoms with Crippen molar-refractivity contribution in [1.82, 2.24) is 5.32 Å². The van der Waals surface area contributed by atoms with E-state index >= 15 is 0 Å². The fourth-order valence-corrected chi connectivity index (χ4v) is 3.24. The Morgan fingerprint density at radius 2 is 2.05 bits per heavy atom. The summed E-state index contributed by atoms with van der Waals surface area (Å²) < 4.78 is 13.1. The molecule has 1 aliphatic carbocycles. The fourth-order valence-electron chi connectivity index (χ4n) is 2.74. The molecule has 2 rings (SSSR count). The molecule has 0 bridgehead atoms. The quantitative estimate of drug-likeness (QED) is 0.834. The highest BCUT2D eigenvalue weighted by atomic mass is 35.5. The molecule has 3 nitrogen and oxygen atoms in total. The zero-order chi connectivity index (χ0) is 15.5. The summed E-state index contributed by atoms with van der Waals surface area (Å²) in [6.45, 7) is 0.281. The summed E-state index contributed by atoms with van der Waals surface area (Å²) in [4.78, 5) is 12.8. The molecule has 1 aromatic carbocycles. The molecule has 1 fully saturated rings. The van der Waals surface area contributed by atoms with Crippen molar-refractivity contribution in [2.75, 3.05) is 0 Å². The lowest BCUT2D eigenvalue weighted by molar-refractivity contribution is -0.129. The van der Waals surface area contributed by atoms with Gasteiger partial charge in [-0.3, -0.25) is 4.79 Å². The van der Waals surface area contributed by atoms with Crippen molar-refractivity contribution in [1.29, 1.82) is 0 Å². The fraction of sp³-hybridized carbons (Fsp3) is 0.467. The van der Waals surface area contributed by atoms with E-state index in [0.29, 0.717) is 12.8 Å².